The molecule has 0 atom stereocenters. The smallest absolute Gasteiger partial charge is 0.277 e. The SMILES string of the molecule is Cc1noc2nc(-c3ccc(F)cc3Cl)cnc12. The van der Waals surface area contributed by atoms with Gasteiger partial charge in [-0.1, -0.05) is 16.8 Å². The molecule has 0 saturated heterocycles. The number of benzene rings is 1. The van der Waals surface area contributed by atoms with Crippen LogP contribution in [-0.2, 0) is 0 Å². The third kappa shape index (κ3) is 1.73. The van der Waals surface area contributed by atoms with Crippen LogP contribution < -0.4 is 0 Å². The molecule has 0 aliphatic carbocycles. The summed E-state index contributed by atoms with van der Waals surface area (Å²) < 4.78 is 18.0. The molecule has 3 rings (SSSR count). The first-order valence-electron chi connectivity index (χ1n) is 5.19. The summed E-state index contributed by atoms with van der Waals surface area (Å²) in [5.41, 5.74) is 2.74. The fourth-order valence-corrected chi connectivity index (χ4v) is 1.93. The van der Waals surface area contributed by atoms with Gasteiger partial charge in [0.25, 0.3) is 5.71 Å². The van der Waals surface area contributed by atoms with Crippen molar-refractivity contribution in [1.29, 1.82) is 0 Å². The Morgan fingerprint density at radius 1 is 1.33 bits per heavy atom. The van der Waals surface area contributed by atoms with Crippen LogP contribution in [0.5, 0.6) is 0 Å². The van der Waals surface area contributed by atoms with Crippen molar-refractivity contribution in [3.05, 3.63) is 40.9 Å². The Labute approximate surface area is 106 Å². The zero-order valence-electron chi connectivity index (χ0n) is 9.32. The van der Waals surface area contributed by atoms with Crippen LogP contribution in [-0.4, -0.2) is 15.1 Å². The maximum atomic E-state index is 13.0. The largest absolute Gasteiger partial charge is 0.334 e. The van der Waals surface area contributed by atoms with Gasteiger partial charge in [0, 0.05) is 5.56 Å². The summed E-state index contributed by atoms with van der Waals surface area (Å²) >= 11 is 5.97. The molecule has 0 saturated carbocycles. The molecular weight excluding hydrogens is 257 g/mol. The molecule has 0 N–H and O–H groups in total. The van der Waals surface area contributed by atoms with Gasteiger partial charge in [0.05, 0.1) is 16.9 Å². The topological polar surface area (TPSA) is 51.8 Å². The van der Waals surface area contributed by atoms with E-state index in [1.54, 1.807) is 19.2 Å². The Bertz CT molecular complexity index is 741. The lowest BCUT2D eigenvalue weighted by Gasteiger charge is -2.02. The average molecular weight is 264 g/mol. The number of nitrogens with zero attached hydrogens (tertiary/aromatic N) is 3. The molecule has 0 unspecified atom stereocenters. The van der Waals surface area contributed by atoms with E-state index in [0.29, 0.717) is 28.2 Å². The summed E-state index contributed by atoms with van der Waals surface area (Å²) in [6.45, 7) is 1.78. The molecule has 0 amide bonds. The fraction of sp³-hybridized carbons (Fsp3) is 0.0833. The van der Waals surface area contributed by atoms with Crippen LogP contribution in [0.3, 0.4) is 0 Å². The molecule has 1 aromatic carbocycles. The van der Waals surface area contributed by atoms with Gasteiger partial charge in [0.15, 0.2) is 5.52 Å². The summed E-state index contributed by atoms with van der Waals surface area (Å²) in [4.78, 5) is 8.47. The number of hydrogen-bond acceptors (Lipinski definition) is 4. The van der Waals surface area contributed by atoms with Gasteiger partial charge in [-0.15, -0.1) is 0 Å². The van der Waals surface area contributed by atoms with Gasteiger partial charge in [-0.05, 0) is 25.1 Å². The molecule has 0 fully saturated rings. The third-order valence-electron chi connectivity index (χ3n) is 2.56. The van der Waals surface area contributed by atoms with Gasteiger partial charge in [-0.3, -0.25) is 0 Å². The Kier molecular flexibility index (Phi) is 2.48. The average Bonchev–Trinajstić information content (AvgIpc) is 2.71. The Morgan fingerprint density at radius 3 is 2.94 bits per heavy atom. The number of halogens is 2. The number of aromatic nitrogens is 3. The molecule has 0 aliphatic heterocycles. The van der Waals surface area contributed by atoms with Gasteiger partial charge in [-0.2, -0.15) is 0 Å². The van der Waals surface area contributed by atoms with Gasteiger partial charge in [0.2, 0.25) is 0 Å². The zero-order valence-corrected chi connectivity index (χ0v) is 10.1. The second-order valence-electron chi connectivity index (χ2n) is 3.80. The lowest BCUT2D eigenvalue weighted by molar-refractivity contribution is 0.443. The lowest BCUT2D eigenvalue weighted by atomic mass is 10.1. The highest BCUT2D eigenvalue weighted by Crippen LogP contribution is 2.28. The van der Waals surface area contributed by atoms with Crippen molar-refractivity contribution in [3.63, 3.8) is 0 Å². The summed E-state index contributed by atoms with van der Waals surface area (Å²) in [7, 11) is 0. The van der Waals surface area contributed by atoms with E-state index in [9.17, 15) is 4.39 Å². The number of aryl methyl sites for hydroxylation is 1. The number of fused-ring (bicyclic) bond motifs is 1. The Hall–Kier alpha value is -2.01. The van der Waals surface area contributed by atoms with Crippen LogP contribution in [0, 0.1) is 12.7 Å². The van der Waals surface area contributed by atoms with Gasteiger partial charge >= 0.3 is 0 Å². The minimum atomic E-state index is -0.395. The highest BCUT2D eigenvalue weighted by Gasteiger charge is 2.11. The first kappa shape index (κ1) is 11.1. The van der Waals surface area contributed by atoms with Crippen molar-refractivity contribution in [2.24, 2.45) is 0 Å². The van der Waals surface area contributed by atoms with Crippen molar-refractivity contribution >= 4 is 22.8 Å². The first-order valence-corrected chi connectivity index (χ1v) is 5.57. The van der Waals surface area contributed by atoms with E-state index >= 15 is 0 Å². The lowest BCUT2D eigenvalue weighted by Crippen LogP contribution is -1.88. The monoisotopic (exact) mass is 263 g/mol. The van der Waals surface area contributed by atoms with E-state index in [2.05, 4.69) is 15.1 Å². The quantitative estimate of drug-likeness (QED) is 0.675. The minimum Gasteiger partial charge on any atom is -0.334 e. The first-order chi connectivity index (χ1) is 8.65. The molecule has 6 heteroatoms. The van der Waals surface area contributed by atoms with Crippen LogP contribution in [0.1, 0.15) is 5.69 Å². The highest BCUT2D eigenvalue weighted by atomic mass is 35.5. The van der Waals surface area contributed by atoms with Crippen LogP contribution in [0.15, 0.2) is 28.9 Å². The maximum absolute atomic E-state index is 13.0. The summed E-state index contributed by atoms with van der Waals surface area (Å²) in [6.07, 6.45) is 1.56. The second-order valence-corrected chi connectivity index (χ2v) is 4.21. The van der Waals surface area contributed by atoms with E-state index in [0.717, 1.165) is 0 Å². The molecule has 0 bridgehead atoms. The summed E-state index contributed by atoms with van der Waals surface area (Å²) in [5.74, 6) is -0.395. The molecule has 4 nitrogen and oxygen atoms in total. The predicted octanol–water partition coefficient (Wildman–Crippen LogP) is 3.39. The van der Waals surface area contributed by atoms with Crippen molar-refractivity contribution in [3.8, 4) is 11.3 Å². The minimum absolute atomic E-state index is 0.278. The molecule has 0 spiro atoms. The van der Waals surface area contributed by atoms with Gasteiger partial charge in [-0.25, -0.2) is 14.4 Å². The second kappa shape index (κ2) is 4.03. The Morgan fingerprint density at radius 2 is 2.17 bits per heavy atom. The standard InChI is InChI=1S/C12H7ClFN3O/c1-6-11-12(18-17-6)16-10(5-15-11)8-3-2-7(14)4-9(8)13/h2-5H,1H3. The molecule has 18 heavy (non-hydrogen) atoms. The molecule has 3 aromatic rings. The van der Waals surface area contributed by atoms with Crippen LogP contribution in [0.25, 0.3) is 22.5 Å². The van der Waals surface area contributed by atoms with Crippen molar-refractivity contribution in [1.82, 2.24) is 15.1 Å². The van der Waals surface area contributed by atoms with Gasteiger partial charge in [0.1, 0.15) is 11.5 Å². The molecule has 0 aliphatic rings. The van der Waals surface area contributed by atoms with Crippen molar-refractivity contribution in [2.75, 3.05) is 0 Å². The van der Waals surface area contributed by atoms with Crippen LogP contribution >= 0.6 is 11.6 Å². The third-order valence-corrected chi connectivity index (χ3v) is 2.87. The van der Waals surface area contributed by atoms with Crippen LogP contribution in [0.2, 0.25) is 5.02 Å². The van der Waals surface area contributed by atoms with Crippen molar-refractivity contribution in [2.45, 2.75) is 6.92 Å². The molecule has 2 heterocycles. The Balaban J connectivity index is 2.19. The molecule has 2 aromatic heterocycles. The molecule has 90 valence electrons. The van der Waals surface area contributed by atoms with Crippen molar-refractivity contribution < 1.29 is 8.91 Å². The normalized spacial score (nSPS) is 11.1. The molecule has 0 radical (unpaired) electrons. The van der Waals surface area contributed by atoms with E-state index in [1.807, 2.05) is 0 Å². The van der Waals surface area contributed by atoms with E-state index in [-0.39, 0.29) is 5.02 Å². The van der Waals surface area contributed by atoms with E-state index in [1.165, 1.54) is 12.1 Å². The molecular formula is C12H7ClFN3O. The zero-order chi connectivity index (χ0) is 12.7. The number of hydrogen-bond donors (Lipinski definition) is 0. The fourth-order valence-electron chi connectivity index (χ4n) is 1.67. The highest BCUT2D eigenvalue weighted by molar-refractivity contribution is 6.33. The summed E-state index contributed by atoms with van der Waals surface area (Å²) in [6, 6.07) is 4.10. The number of rotatable bonds is 1. The summed E-state index contributed by atoms with van der Waals surface area (Å²) in [5, 5.41) is 4.05. The van der Waals surface area contributed by atoms with E-state index in [4.69, 9.17) is 16.1 Å². The van der Waals surface area contributed by atoms with E-state index < -0.39 is 5.82 Å². The van der Waals surface area contributed by atoms with Crippen LogP contribution in [0.4, 0.5) is 4.39 Å². The predicted molar refractivity (Wildman–Crippen MR) is 64.7 cm³/mol. The maximum Gasteiger partial charge on any atom is 0.277 e. The van der Waals surface area contributed by atoms with Gasteiger partial charge < -0.3 is 4.52 Å².